The van der Waals surface area contributed by atoms with E-state index in [1.54, 1.807) is 13.8 Å². The van der Waals surface area contributed by atoms with Gasteiger partial charge in [-0.05, 0) is 51.2 Å². The Labute approximate surface area is 117 Å². The number of aliphatic hydroxyl groups is 1. The topological polar surface area (TPSA) is 29.5 Å². The van der Waals surface area contributed by atoms with Crippen molar-refractivity contribution in [3.8, 4) is 0 Å². The van der Waals surface area contributed by atoms with Crippen molar-refractivity contribution in [3.05, 3.63) is 47.5 Å². The Balaban J connectivity index is 0.000000399. The summed E-state index contributed by atoms with van der Waals surface area (Å²) in [6.07, 6.45) is 6.14. The van der Waals surface area contributed by atoms with Gasteiger partial charge in [-0.2, -0.15) is 0 Å². The Bertz CT molecular complexity index is 365. The molecule has 0 heterocycles. The van der Waals surface area contributed by atoms with Gasteiger partial charge >= 0.3 is 0 Å². The third-order valence-electron chi connectivity index (χ3n) is 2.94. The molecule has 2 nitrogen and oxygen atoms in total. The Morgan fingerprint density at radius 1 is 1.26 bits per heavy atom. The Morgan fingerprint density at radius 2 is 1.89 bits per heavy atom. The first-order valence-corrected chi connectivity index (χ1v) is 7.10. The molecule has 1 aromatic rings. The molecule has 0 aromatic heterocycles. The first-order valence-electron chi connectivity index (χ1n) is 7.10. The monoisotopic (exact) mass is 262 g/mol. The molecule has 0 saturated carbocycles. The third-order valence-corrected chi connectivity index (χ3v) is 2.94. The van der Waals surface area contributed by atoms with Crippen LogP contribution in [0.3, 0.4) is 0 Å². The third kappa shape index (κ3) is 7.14. The van der Waals surface area contributed by atoms with E-state index >= 15 is 0 Å². The standard InChI is InChI=1S/C14H18O.C3H8O/c1-12-7-5-6-10-14(12)15-11-13-8-3-2-4-9-13;1-3(2)4/h2-4,7-9,14H,5-6,10-11H2,1H3;3-4H,1-2H3. The van der Waals surface area contributed by atoms with E-state index in [1.807, 2.05) is 6.07 Å². The molecule has 0 radical (unpaired) electrons. The Kier molecular flexibility index (Phi) is 7.46. The van der Waals surface area contributed by atoms with Crippen molar-refractivity contribution in [1.29, 1.82) is 0 Å². The van der Waals surface area contributed by atoms with Gasteiger partial charge in [0.05, 0.1) is 12.7 Å². The fourth-order valence-corrected chi connectivity index (χ4v) is 1.98. The highest BCUT2D eigenvalue weighted by molar-refractivity contribution is 5.14. The van der Waals surface area contributed by atoms with E-state index in [2.05, 4.69) is 37.3 Å². The molecule has 0 fully saturated rings. The lowest BCUT2D eigenvalue weighted by atomic mass is 9.98. The summed E-state index contributed by atoms with van der Waals surface area (Å²) in [7, 11) is 0. The van der Waals surface area contributed by atoms with Crippen LogP contribution < -0.4 is 0 Å². The van der Waals surface area contributed by atoms with E-state index < -0.39 is 0 Å². The zero-order chi connectivity index (χ0) is 14.1. The average molecular weight is 262 g/mol. The molecular formula is C17H26O2. The van der Waals surface area contributed by atoms with Crippen LogP contribution in [0.4, 0.5) is 0 Å². The zero-order valence-corrected chi connectivity index (χ0v) is 12.3. The molecule has 19 heavy (non-hydrogen) atoms. The van der Waals surface area contributed by atoms with Crippen molar-refractivity contribution in [3.63, 3.8) is 0 Å². The second-order valence-corrected chi connectivity index (χ2v) is 5.26. The van der Waals surface area contributed by atoms with Gasteiger partial charge in [0.25, 0.3) is 0 Å². The largest absolute Gasteiger partial charge is 0.394 e. The number of ether oxygens (including phenoxy) is 1. The van der Waals surface area contributed by atoms with E-state index in [-0.39, 0.29) is 6.10 Å². The minimum atomic E-state index is -0.167. The molecule has 0 saturated heterocycles. The van der Waals surface area contributed by atoms with E-state index in [0.717, 1.165) is 6.61 Å². The lowest BCUT2D eigenvalue weighted by Crippen LogP contribution is -2.17. The second kappa shape index (κ2) is 8.89. The average Bonchev–Trinajstić information content (AvgIpc) is 2.38. The minimum absolute atomic E-state index is 0.167. The highest BCUT2D eigenvalue weighted by atomic mass is 16.5. The summed E-state index contributed by atoms with van der Waals surface area (Å²) in [4.78, 5) is 0. The summed E-state index contributed by atoms with van der Waals surface area (Å²) in [5.41, 5.74) is 2.66. The number of aliphatic hydroxyl groups excluding tert-OH is 1. The van der Waals surface area contributed by atoms with Crippen molar-refractivity contribution < 1.29 is 9.84 Å². The molecule has 0 bridgehead atoms. The lowest BCUT2D eigenvalue weighted by Gasteiger charge is -2.22. The van der Waals surface area contributed by atoms with Crippen molar-refractivity contribution >= 4 is 0 Å². The van der Waals surface area contributed by atoms with Gasteiger partial charge in [0.2, 0.25) is 0 Å². The van der Waals surface area contributed by atoms with Crippen molar-refractivity contribution in [2.45, 2.75) is 58.8 Å². The normalized spacial score (nSPS) is 18.6. The molecule has 1 aliphatic carbocycles. The van der Waals surface area contributed by atoms with Gasteiger partial charge in [-0.25, -0.2) is 0 Å². The number of benzene rings is 1. The van der Waals surface area contributed by atoms with Crippen LogP contribution in [0.15, 0.2) is 42.0 Å². The van der Waals surface area contributed by atoms with Crippen molar-refractivity contribution in [2.75, 3.05) is 0 Å². The smallest absolute Gasteiger partial charge is 0.0787 e. The maximum Gasteiger partial charge on any atom is 0.0787 e. The highest BCUT2D eigenvalue weighted by Gasteiger charge is 2.14. The molecule has 2 heteroatoms. The summed E-state index contributed by atoms with van der Waals surface area (Å²) in [5.74, 6) is 0. The Morgan fingerprint density at radius 3 is 2.47 bits per heavy atom. The van der Waals surface area contributed by atoms with Gasteiger partial charge < -0.3 is 9.84 Å². The number of hydrogen-bond donors (Lipinski definition) is 1. The van der Waals surface area contributed by atoms with Crippen LogP contribution in [-0.2, 0) is 11.3 Å². The van der Waals surface area contributed by atoms with Gasteiger partial charge in [-0.3, -0.25) is 0 Å². The summed E-state index contributed by atoms with van der Waals surface area (Å²) < 4.78 is 5.91. The molecule has 2 rings (SSSR count). The fourth-order valence-electron chi connectivity index (χ4n) is 1.98. The number of rotatable bonds is 3. The molecule has 1 atom stereocenters. The molecule has 0 aliphatic heterocycles. The molecular weight excluding hydrogens is 236 g/mol. The molecule has 0 amide bonds. The van der Waals surface area contributed by atoms with Crippen LogP contribution in [-0.4, -0.2) is 17.3 Å². The van der Waals surface area contributed by atoms with Crippen LogP contribution in [0.5, 0.6) is 0 Å². The first kappa shape index (κ1) is 15.9. The zero-order valence-electron chi connectivity index (χ0n) is 12.3. The van der Waals surface area contributed by atoms with Crippen LogP contribution in [0.25, 0.3) is 0 Å². The maximum absolute atomic E-state index is 8.06. The SMILES string of the molecule is CC(C)O.CC1=CCCCC1OCc1ccccc1. The van der Waals surface area contributed by atoms with Crippen molar-refractivity contribution in [1.82, 2.24) is 0 Å². The number of allylic oxidation sites excluding steroid dienone is 1. The van der Waals surface area contributed by atoms with Crippen LogP contribution in [0, 0.1) is 0 Å². The summed E-state index contributed by atoms with van der Waals surface area (Å²) in [5, 5.41) is 8.06. The van der Waals surface area contributed by atoms with Crippen LogP contribution in [0.2, 0.25) is 0 Å². The molecule has 1 aliphatic rings. The van der Waals surface area contributed by atoms with E-state index in [4.69, 9.17) is 9.84 Å². The predicted molar refractivity (Wildman–Crippen MR) is 80.0 cm³/mol. The van der Waals surface area contributed by atoms with Gasteiger partial charge in [0.15, 0.2) is 0 Å². The quantitative estimate of drug-likeness (QED) is 0.831. The van der Waals surface area contributed by atoms with Crippen LogP contribution >= 0.6 is 0 Å². The first-order chi connectivity index (χ1) is 9.09. The van der Waals surface area contributed by atoms with E-state index in [1.165, 1.54) is 30.4 Å². The second-order valence-electron chi connectivity index (χ2n) is 5.26. The molecule has 1 N–H and O–H groups in total. The van der Waals surface area contributed by atoms with Gasteiger partial charge in [-0.15, -0.1) is 0 Å². The van der Waals surface area contributed by atoms with Crippen LogP contribution in [0.1, 0.15) is 45.6 Å². The molecule has 1 aromatic carbocycles. The Hall–Kier alpha value is -1.12. The molecule has 1 unspecified atom stereocenters. The highest BCUT2D eigenvalue weighted by Crippen LogP contribution is 2.21. The minimum Gasteiger partial charge on any atom is -0.394 e. The maximum atomic E-state index is 8.06. The fraction of sp³-hybridized carbons (Fsp3) is 0.529. The lowest BCUT2D eigenvalue weighted by molar-refractivity contribution is 0.0545. The molecule has 0 spiro atoms. The van der Waals surface area contributed by atoms with Gasteiger partial charge in [-0.1, -0.05) is 36.4 Å². The summed E-state index contributed by atoms with van der Waals surface area (Å²) in [6.45, 7) is 6.35. The van der Waals surface area contributed by atoms with E-state index in [0.29, 0.717) is 6.10 Å². The van der Waals surface area contributed by atoms with Crippen molar-refractivity contribution in [2.24, 2.45) is 0 Å². The summed E-state index contributed by atoms with van der Waals surface area (Å²) in [6, 6.07) is 10.4. The van der Waals surface area contributed by atoms with Gasteiger partial charge in [0.1, 0.15) is 0 Å². The molecule has 106 valence electrons. The van der Waals surface area contributed by atoms with E-state index in [9.17, 15) is 0 Å². The summed E-state index contributed by atoms with van der Waals surface area (Å²) >= 11 is 0. The number of hydrogen-bond acceptors (Lipinski definition) is 2. The van der Waals surface area contributed by atoms with Gasteiger partial charge in [0, 0.05) is 6.10 Å². The predicted octanol–water partition coefficient (Wildman–Crippen LogP) is 4.09.